The van der Waals surface area contributed by atoms with Gasteiger partial charge < -0.3 is 19.2 Å². The van der Waals surface area contributed by atoms with Gasteiger partial charge >= 0.3 is 0 Å². The lowest BCUT2D eigenvalue weighted by atomic mass is 10.3. The van der Waals surface area contributed by atoms with Crippen molar-refractivity contribution in [2.75, 3.05) is 6.61 Å². The first-order valence-corrected chi connectivity index (χ1v) is 7.49. The maximum atomic E-state index is 5.74. The van der Waals surface area contributed by atoms with E-state index in [4.69, 9.17) is 13.9 Å². The van der Waals surface area contributed by atoms with Crippen molar-refractivity contribution in [3.8, 4) is 11.5 Å². The predicted octanol–water partition coefficient (Wildman–Crippen LogP) is 3.51. The quantitative estimate of drug-likeness (QED) is 0.807. The molecule has 0 spiro atoms. The van der Waals surface area contributed by atoms with Crippen molar-refractivity contribution in [3.63, 3.8) is 0 Å². The average molecular weight is 287 g/mol. The van der Waals surface area contributed by atoms with Crippen LogP contribution in [0.2, 0.25) is 0 Å². The SMILES string of the molecule is CCOc1cccc(OCc2cc(CNC3CC3)co2)c1. The standard InChI is InChI=1S/C17H21NO3/c1-2-19-15-4-3-5-16(9-15)21-12-17-8-13(11-20-17)10-18-14-6-7-14/h3-5,8-9,11,14,18H,2,6-7,10,12H2,1H3. The molecule has 1 aromatic carbocycles. The number of benzene rings is 1. The lowest BCUT2D eigenvalue weighted by Crippen LogP contribution is -2.14. The Morgan fingerprint density at radius 3 is 2.76 bits per heavy atom. The van der Waals surface area contributed by atoms with Crippen molar-refractivity contribution in [3.05, 3.63) is 47.9 Å². The van der Waals surface area contributed by atoms with E-state index in [1.807, 2.05) is 37.3 Å². The Labute approximate surface area is 125 Å². The molecule has 0 saturated heterocycles. The molecule has 0 bridgehead atoms. The second kappa shape index (κ2) is 6.68. The zero-order valence-corrected chi connectivity index (χ0v) is 12.3. The number of ether oxygens (including phenoxy) is 2. The fraction of sp³-hybridized carbons (Fsp3) is 0.412. The van der Waals surface area contributed by atoms with Crippen LogP contribution in [0.25, 0.3) is 0 Å². The lowest BCUT2D eigenvalue weighted by Gasteiger charge is -2.07. The summed E-state index contributed by atoms with van der Waals surface area (Å²) < 4.78 is 16.7. The molecular formula is C17H21NO3. The molecule has 2 aromatic rings. The summed E-state index contributed by atoms with van der Waals surface area (Å²) in [5.41, 5.74) is 1.17. The molecule has 112 valence electrons. The second-order valence-electron chi connectivity index (χ2n) is 5.27. The van der Waals surface area contributed by atoms with E-state index in [-0.39, 0.29) is 0 Å². The molecule has 1 aliphatic rings. The van der Waals surface area contributed by atoms with Gasteiger partial charge in [0, 0.05) is 24.2 Å². The molecule has 21 heavy (non-hydrogen) atoms. The molecule has 1 aromatic heterocycles. The fourth-order valence-electron chi connectivity index (χ4n) is 2.12. The van der Waals surface area contributed by atoms with Crippen LogP contribution in [0.15, 0.2) is 41.0 Å². The summed E-state index contributed by atoms with van der Waals surface area (Å²) in [6.07, 6.45) is 4.39. The fourth-order valence-corrected chi connectivity index (χ4v) is 2.12. The van der Waals surface area contributed by atoms with E-state index in [1.54, 1.807) is 6.26 Å². The van der Waals surface area contributed by atoms with Crippen molar-refractivity contribution < 1.29 is 13.9 Å². The Kier molecular flexibility index (Phi) is 4.46. The van der Waals surface area contributed by atoms with Crippen LogP contribution in [-0.4, -0.2) is 12.6 Å². The third-order valence-corrected chi connectivity index (χ3v) is 3.38. The molecule has 0 atom stereocenters. The van der Waals surface area contributed by atoms with E-state index in [0.29, 0.717) is 19.3 Å². The minimum atomic E-state index is 0.430. The monoisotopic (exact) mass is 287 g/mol. The van der Waals surface area contributed by atoms with E-state index >= 15 is 0 Å². The zero-order valence-electron chi connectivity index (χ0n) is 12.3. The van der Waals surface area contributed by atoms with E-state index < -0.39 is 0 Å². The van der Waals surface area contributed by atoms with E-state index in [9.17, 15) is 0 Å². The van der Waals surface area contributed by atoms with Crippen LogP contribution >= 0.6 is 0 Å². The summed E-state index contributed by atoms with van der Waals surface area (Å²) in [5, 5.41) is 3.46. The first kappa shape index (κ1) is 14.0. The molecule has 0 aliphatic heterocycles. The summed E-state index contributed by atoms with van der Waals surface area (Å²) in [6.45, 7) is 3.92. The lowest BCUT2D eigenvalue weighted by molar-refractivity contribution is 0.267. The summed E-state index contributed by atoms with van der Waals surface area (Å²) >= 11 is 0. The molecule has 1 heterocycles. The molecule has 1 N–H and O–H groups in total. The Hall–Kier alpha value is -1.94. The first-order valence-electron chi connectivity index (χ1n) is 7.49. The Morgan fingerprint density at radius 1 is 1.19 bits per heavy atom. The molecule has 1 saturated carbocycles. The maximum Gasteiger partial charge on any atom is 0.146 e. The number of nitrogens with one attached hydrogen (secondary N) is 1. The van der Waals surface area contributed by atoms with Gasteiger partial charge in [-0.05, 0) is 38.0 Å². The molecule has 0 amide bonds. The van der Waals surface area contributed by atoms with E-state index in [0.717, 1.165) is 23.8 Å². The van der Waals surface area contributed by atoms with E-state index in [1.165, 1.54) is 18.4 Å². The van der Waals surface area contributed by atoms with Crippen molar-refractivity contribution >= 4 is 0 Å². The van der Waals surface area contributed by atoms with Gasteiger partial charge in [-0.15, -0.1) is 0 Å². The molecule has 0 unspecified atom stereocenters. The van der Waals surface area contributed by atoms with Crippen LogP contribution in [0.5, 0.6) is 11.5 Å². The van der Waals surface area contributed by atoms with Gasteiger partial charge in [0.15, 0.2) is 0 Å². The minimum absolute atomic E-state index is 0.430. The summed E-state index contributed by atoms with van der Waals surface area (Å²) in [5.74, 6) is 2.45. The number of hydrogen-bond acceptors (Lipinski definition) is 4. The highest BCUT2D eigenvalue weighted by Crippen LogP contribution is 2.22. The van der Waals surface area contributed by atoms with Gasteiger partial charge in [-0.3, -0.25) is 0 Å². The van der Waals surface area contributed by atoms with Crippen LogP contribution in [-0.2, 0) is 13.2 Å². The third-order valence-electron chi connectivity index (χ3n) is 3.38. The number of furan rings is 1. The van der Waals surface area contributed by atoms with Gasteiger partial charge in [0.2, 0.25) is 0 Å². The largest absolute Gasteiger partial charge is 0.494 e. The van der Waals surface area contributed by atoms with Crippen molar-refractivity contribution in [1.82, 2.24) is 5.32 Å². The van der Waals surface area contributed by atoms with Gasteiger partial charge in [-0.1, -0.05) is 6.07 Å². The summed E-state index contributed by atoms with van der Waals surface area (Å²) in [6, 6.07) is 10.4. The normalized spacial score (nSPS) is 14.1. The minimum Gasteiger partial charge on any atom is -0.494 e. The topological polar surface area (TPSA) is 43.6 Å². The van der Waals surface area contributed by atoms with Gasteiger partial charge in [-0.25, -0.2) is 0 Å². The molecule has 3 rings (SSSR count). The van der Waals surface area contributed by atoms with Gasteiger partial charge in [0.1, 0.15) is 23.9 Å². The first-order chi connectivity index (χ1) is 10.3. The van der Waals surface area contributed by atoms with Crippen molar-refractivity contribution in [1.29, 1.82) is 0 Å². The Balaban J connectivity index is 1.50. The van der Waals surface area contributed by atoms with Crippen LogP contribution in [0.3, 0.4) is 0 Å². The molecular weight excluding hydrogens is 266 g/mol. The summed E-state index contributed by atoms with van der Waals surface area (Å²) in [4.78, 5) is 0. The smallest absolute Gasteiger partial charge is 0.146 e. The summed E-state index contributed by atoms with van der Waals surface area (Å²) in [7, 11) is 0. The molecule has 4 nitrogen and oxygen atoms in total. The highest BCUT2D eigenvalue weighted by molar-refractivity contribution is 5.33. The third kappa shape index (κ3) is 4.26. The zero-order chi connectivity index (χ0) is 14.5. The van der Waals surface area contributed by atoms with Crippen LogP contribution in [0.1, 0.15) is 31.1 Å². The maximum absolute atomic E-state index is 5.74. The second-order valence-corrected chi connectivity index (χ2v) is 5.27. The highest BCUT2D eigenvalue weighted by Gasteiger charge is 2.20. The Morgan fingerprint density at radius 2 is 2.00 bits per heavy atom. The van der Waals surface area contributed by atoms with E-state index in [2.05, 4.69) is 5.32 Å². The predicted molar refractivity (Wildman–Crippen MR) is 80.5 cm³/mol. The molecule has 4 heteroatoms. The highest BCUT2D eigenvalue weighted by atomic mass is 16.5. The van der Waals surface area contributed by atoms with Gasteiger partial charge in [0.05, 0.1) is 12.9 Å². The molecule has 0 radical (unpaired) electrons. The molecule has 1 fully saturated rings. The van der Waals surface area contributed by atoms with Crippen LogP contribution < -0.4 is 14.8 Å². The average Bonchev–Trinajstić information content (AvgIpc) is 3.22. The molecule has 1 aliphatic carbocycles. The Bertz CT molecular complexity index is 575. The van der Waals surface area contributed by atoms with Gasteiger partial charge in [-0.2, -0.15) is 0 Å². The number of rotatable bonds is 8. The van der Waals surface area contributed by atoms with Crippen LogP contribution in [0.4, 0.5) is 0 Å². The number of hydrogen-bond donors (Lipinski definition) is 1. The van der Waals surface area contributed by atoms with Gasteiger partial charge in [0.25, 0.3) is 0 Å². The van der Waals surface area contributed by atoms with Crippen molar-refractivity contribution in [2.24, 2.45) is 0 Å². The van der Waals surface area contributed by atoms with Crippen molar-refractivity contribution in [2.45, 2.75) is 39.0 Å². The van der Waals surface area contributed by atoms with Crippen LogP contribution in [0, 0.1) is 0 Å².